The van der Waals surface area contributed by atoms with E-state index in [1.807, 2.05) is 86.8 Å². The zero-order chi connectivity index (χ0) is 36.8. The zero-order valence-electron chi connectivity index (χ0n) is 30.9. The Morgan fingerprint density at radius 2 is 1.61 bits per heavy atom. The van der Waals surface area contributed by atoms with Gasteiger partial charge in [-0.1, -0.05) is 80.8 Å². The molecule has 0 aliphatic carbocycles. The van der Waals surface area contributed by atoms with E-state index in [1.54, 1.807) is 18.2 Å². The van der Waals surface area contributed by atoms with Gasteiger partial charge in [-0.3, -0.25) is 4.98 Å². The maximum Gasteiger partial charge on any atom is 0.133 e. The van der Waals surface area contributed by atoms with Crippen molar-refractivity contribution in [1.82, 2.24) is 15.0 Å². The normalized spacial score (nSPS) is 12.4. The van der Waals surface area contributed by atoms with Crippen molar-refractivity contribution in [2.24, 2.45) is 5.92 Å². The molecule has 259 valence electrons. The molecule has 3 aromatic heterocycles. The van der Waals surface area contributed by atoms with Gasteiger partial charge in [0.2, 0.25) is 0 Å². The van der Waals surface area contributed by atoms with E-state index in [-0.39, 0.29) is 31.6 Å². The molecule has 0 atom stereocenters. The van der Waals surface area contributed by atoms with Crippen LogP contribution in [0, 0.1) is 29.7 Å². The number of imidazole rings is 1. The van der Waals surface area contributed by atoms with E-state index in [2.05, 4.69) is 46.7 Å². The number of pyridine rings is 1. The summed E-state index contributed by atoms with van der Waals surface area (Å²) in [6.07, 6.45) is 0.528. The summed E-state index contributed by atoms with van der Waals surface area (Å²) in [5, 5.41) is 2.85. The van der Waals surface area contributed by atoms with Gasteiger partial charge in [0.15, 0.2) is 0 Å². The summed E-state index contributed by atoms with van der Waals surface area (Å²) in [7, 11) is -1.67. The van der Waals surface area contributed by atoms with Crippen molar-refractivity contribution in [2.75, 3.05) is 0 Å². The largest absolute Gasteiger partial charge is 0.500 e. The first kappa shape index (κ1) is 33.4. The Hall–Kier alpha value is -4.75. The third-order valence-corrected chi connectivity index (χ3v) is 10.5. The molecule has 0 unspecified atom stereocenters. The third kappa shape index (κ3) is 7.64. The minimum atomic E-state index is -1.67. The number of hydrogen-bond donors (Lipinski definition) is 1. The molecule has 8 aromatic rings. The molecule has 0 aliphatic heterocycles. The van der Waals surface area contributed by atoms with Crippen LogP contribution >= 0.6 is 0 Å². The molecule has 8 rings (SSSR count). The van der Waals surface area contributed by atoms with Gasteiger partial charge in [-0.25, -0.2) is 8.78 Å². The maximum absolute atomic E-state index is 14.2. The second-order valence-corrected chi connectivity index (χ2v) is 18.6. The first-order chi connectivity index (χ1) is 24.8. The van der Waals surface area contributed by atoms with Crippen LogP contribution in [0.4, 0.5) is 8.78 Å². The average Bonchev–Trinajstić information content (AvgIpc) is 3.73. The van der Waals surface area contributed by atoms with E-state index in [4.69, 9.17) is 7.16 Å². The number of benzene rings is 5. The SMILES string of the molecule is Fc1cccc(F)c1-c1ccc2c(c1)oc1c[c-]c(-c3nc4ccccc4[nH]3)cc12.[2H]C([2H])(c1cc(-c2[c-]cccc2)ncc1[Si](C)(C)C)C(C)C.[Ir]. The number of rotatable bonds is 6. The van der Waals surface area contributed by atoms with Crippen molar-refractivity contribution >= 4 is 46.2 Å². The van der Waals surface area contributed by atoms with E-state index < -0.39 is 26.1 Å². The van der Waals surface area contributed by atoms with Gasteiger partial charge < -0.3 is 14.4 Å². The minimum absolute atomic E-state index is 0. The van der Waals surface area contributed by atoms with Gasteiger partial charge in [0.05, 0.1) is 36.1 Å². The quantitative estimate of drug-likeness (QED) is 0.134. The summed E-state index contributed by atoms with van der Waals surface area (Å²) < 4.78 is 51.4. The molecule has 0 fully saturated rings. The van der Waals surface area contributed by atoms with Crippen molar-refractivity contribution < 1.29 is 36.0 Å². The van der Waals surface area contributed by atoms with Gasteiger partial charge in [0.25, 0.3) is 0 Å². The number of hydrogen-bond acceptors (Lipinski definition) is 3. The molecule has 0 spiro atoms. The standard InChI is InChI=1S/C25H13F2N2O.C18H24NSi.Ir/c26-18-4-3-5-19(27)24(18)14-8-10-16-17-12-15(9-11-22(17)30-23(16)13-14)25-28-20-6-1-2-7-21(20)29-25;1-14(2)11-16-12-17(15-9-7-6-8-10-15)19-13-18(16)20(3,4)5;/h1-8,10-13H,(H,28,29);6-9,12-14H,11H2,1-5H3;/q2*-1;/i;11D2;. The smallest absolute Gasteiger partial charge is 0.133 e. The summed E-state index contributed by atoms with van der Waals surface area (Å²) >= 11 is 0. The minimum Gasteiger partial charge on any atom is -0.500 e. The zero-order valence-corrected chi connectivity index (χ0v) is 32.3. The first-order valence-corrected chi connectivity index (χ1v) is 20.1. The molecule has 0 aliphatic rings. The molecular weight excluding hydrogens is 833 g/mol. The number of para-hydroxylation sites is 2. The number of aromatic nitrogens is 3. The second-order valence-electron chi connectivity index (χ2n) is 13.6. The van der Waals surface area contributed by atoms with Crippen molar-refractivity contribution in [1.29, 1.82) is 0 Å². The molecule has 1 radical (unpaired) electrons. The molecule has 51 heavy (non-hydrogen) atoms. The van der Waals surface area contributed by atoms with Crippen LogP contribution in [-0.4, -0.2) is 23.0 Å². The van der Waals surface area contributed by atoms with Crippen LogP contribution in [-0.2, 0) is 26.5 Å². The number of aromatic amines is 1. The third-order valence-electron chi connectivity index (χ3n) is 8.44. The van der Waals surface area contributed by atoms with Crippen LogP contribution in [0.3, 0.4) is 0 Å². The molecule has 5 aromatic carbocycles. The number of furan rings is 1. The van der Waals surface area contributed by atoms with E-state index >= 15 is 0 Å². The van der Waals surface area contributed by atoms with Gasteiger partial charge in [0, 0.05) is 34.4 Å². The Bertz CT molecular complexity index is 2510. The van der Waals surface area contributed by atoms with Gasteiger partial charge >= 0.3 is 0 Å². The molecule has 0 amide bonds. The van der Waals surface area contributed by atoms with E-state index in [0.29, 0.717) is 16.7 Å². The number of nitrogens with zero attached hydrogens (tertiary/aromatic N) is 2. The fraction of sp³-hybridized carbons (Fsp3) is 0.163. The maximum atomic E-state index is 14.2. The number of nitrogens with one attached hydrogen (secondary N) is 1. The molecular formula is C43H37F2IrN3OSi-2. The van der Waals surface area contributed by atoms with Crippen LogP contribution < -0.4 is 5.19 Å². The van der Waals surface area contributed by atoms with E-state index in [0.717, 1.165) is 55.2 Å². The molecule has 4 nitrogen and oxygen atoms in total. The summed E-state index contributed by atoms with van der Waals surface area (Å²) in [5.41, 5.74) is 6.72. The van der Waals surface area contributed by atoms with Crippen LogP contribution in [0.25, 0.3) is 66.7 Å². The predicted molar refractivity (Wildman–Crippen MR) is 203 cm³/mol. The second kappa shape index (κ2) is 14.8. The topological polar surface area (TPSA) is 54.7 Å². The molecule has 0 saturated carbocycles. The molecule has 3 heterocycles. The van der Waals surface area contributed by atoms with Crippen molar-refractivity contribution in [3.05, 3.63) is 139 Å². The summed E-state index contributed by atoms with van der Waals surface area (Å²) in [6, 6.07) is 36.6. The van der Waals surface area contributed by atoms with Crippen LogP contribution in [0.5, 0.6) is 0 Å². The summed E-state index contributed by atoms with van der Waals surface area (Å²) in [6.45, 7) is 10.6. The number of halogens is 2. The number of fused-ring (bicyclic) bond motifs is 4. The predicted octanol–water partition coefficient (Wildman–Crippen LogP) is 11.2. The van der Waals surface area contributed by atoms with Crippen LogP contribution in [0.1, 0.15) is 22.2 Å². The molecule has 0 saturated heterocycles. The van der Waals surface area contributed by atoms with Crippen molar-refractivity contribution in [2.45, 2.75) is 39.9 Å². The van der Waals surface area contributed by atoms with Crippen molar-refractivity contribution in [3.63, 3.8) is 0 Å². The molecule has 8 heteroatoms. The van der Waals surface area contributed by atoms with Gasteiger partial charge in [-0.05, 0) is 59.1 Å². The van der Waals surface area contributed by atoms with E-state index in [9.17, 15) is 8.78 Å². The Balaban J connectivity index is 0.000000188. The van der Waals surface area contributed by atoms with Crippen molar-refractivity contribution in [3.8, 4) is 33.8 Å². The van der Waals surface area contributed by atoms with Crippen LogP contribution in [0.2, 0.25) is 19.6 Å². The average molecular weight is 872 g/mol. The van der Waals surface area contributed by atoms with Gasteiger partial charge in [0.1, 0.15) is 17.2 Å². The molecule has 0 bridgehead atoms. The first-order valence-electron chi connectivity index (χ1n) is 17.6. The van der Waals surface area contributed by atoms with Crippen LogP contribution in [0.15, 0.2) is 114 Å². The Kier molecular flexibility index (Phi) is 9.72. The molecule has 1 N–H and O–H groups in total. The fourth-order valence-electron chi connectivity index (χ4n) is 6.05. The van der Waals surface area contributed by atoms with Gasteiger partial charge in [-0.15, -0.1) is 59.7 Å². The Morgan fingerprint density at radius 3 is 2.31 bits per heavy atom. The monoisotopic (exact) mass is 872 g/mol. The Morgan fingerprint density at radius 1 is 0.843 bits per heavy atom. The Labute approximate surface area is 314 Å². The van der Waals surface area contributed by atoms with Gasteiger partial charge in [-0.2, -0.15) is 0 Å². The summed E-state index contributed by atoms with van der Waals surface area (Å²) in [4.78, 5) is 12.5. The number of H-pyrrole nitrogens is 1. The van der Waals surface area contributed by atoms with E-state index in [1.165, 1.54) is 18.2 Å². The fourth-order valence-corrected chi connectivity index (χ4v) is 7.45. The summed E-state index contributed by atoms with van der Waals surface area (Å²) in [5.74, 6) is -0.577.